The molecule has 0 radical (unpaired) electrons. The van der Waals surface area contributed by atoms with Crippen LogP contribution >= 0.6 is 0 Å². The maximum absolute atomic E-state index is 10.7. The first-order valence-corrected chi connectivity index (χ1v) is 3.85. The number of hydrogen-bond acceptors (Lipinski definition) is 3. The zero-order chi connectivity index (χ0) is 6.97. The topological polar surface area (TPSA) is 32.3 Å². The van der Waals surface area contributed by atoms with Crippen molar-refractivity contribution in [3.8, 4) is 0 Å². The summed E-state index contributed by atoms with van der Waals surface area (Å²) in [6.45, 7) is 4.19. The van der Waals surface area contributed by atoms with Crippen LogP contribution in [-0.4, -0.2) is 42.9 Å². The zero-order valence-corrected chi connectivity index (χ0v) is 5.97. The van der Waals surface area contributed by atoms with Crippen molar-refractivity contribution in [1.82, 2.24) is 10.2 Å². The quantitative estimate of drug-likeness (QED) is 0.519. The first-order valence-electron chi connectivity index (χ1n) is 3.85. The minimum absolute atomic E-state index is 0.307. The van der Waals surface area contributed by atoms with Gasteiger partial charge < -0.3 is 5.32 Å². The second-order valence-electron chi connectivity index (χ2n) is 2.97. The number of piperazine rings is 1. The van der Waals surface area contributed by atoms with E-state index in [1.165, 1.54) is 0 Å². The normalized spacial score (nSPS) is 34.4. The molecule has 0 amide bonds. The van der Waals surface area contributed by atoms with Gasteiger partial charge in [0.2, 0.25) is 0 Å². The summed E-state index contributed by atoms with van der Waals surface area (Å²) in [7, 11) is 0. The van der Waals surface area contributed by atoms with E-state index >= 15 is 0 Å². The van der Waals surface area contributed by atoms with E-state index in [0.29, 0.717) is 11.8 Å². The Balaban J connectivity index is 1.86. The van der Waals surface area contributed by atoms with Crippen molar-refractivity contribution in [2.45, 2.75) is 12.5 Å². The Kier molecular flexibility index (Phi) is 1.47. The molecule has 1 N–H and O–H groups in total. The molecular formula is C7H12N2O. The molecule has 1 saturated heterocycles. The van der Waals surface area contributed by atoms with Crippen LogP contribution in [0.3, 0.4) is 0 Å². The second kappa shape index (κ2) is 2.32. The number of nitrogens with one attached hydrogen (secondary N) is 1. The fourth-order valence-electron chi connectivity index (χ4n) is 1.46. The lowest BCUT2D eigenvalue weighted by Crippen LogP contribution is -2.45. The van der Waals surface area contributed by atoms with Crippen molar-refractivity contribution in [1.29, 1.82) is 0 Å². The van der Waals surface area contributed by atoms with Crippen molar-refractivity contribution in [3.63, 3.8) is 0 Å². The first kappa shape index (κ1) is 6.31. The van der Waals surface area contributed by atoms with Gasteiger partial charge in [0, 0.05) is 32.6 Å². The molecule has 1 saturated carbocycles. The number of carbonyl (C=O) groups is 1. The van der Waals surface area contributed by atoms with Gasteiger partial charge in [-0.1, -0.05) is 0 Å². The lowest BCUT2D eigenvalue weighted by Gasteiger charge is -2.25. The summed E-state index contributed by atoms with van der Waals surface area (Å²) >= 11 is 0. The van der Waals surface area contributed by atoms with Gasteiger partial charge in [0.05, 0.1) is 6.04 Å². The smallest absolute Gasteiger partial charge is 0.152 e. The Labute approximate surface area is 60.4 Å². The zero-order valence-electron chi connectivity index (χ0n) is 5.97. The summed E-state index contributed by atoms with van der Waals surface area (Å²) in [6.07, 6.45) is 0.806. The van der Waals surface area contributed by atoms with Gasteiger partial charge in [-0.2, -0.15) is 0 Å². The lowest BCUT2D eigenvalue weighted by atomic mass is 10.3. The molecule has 3 nitrogen and oxygen atoms in total. The van der Waals surface area contributed by atoms with E-state index in [1.807, 2.05) is 0 Å². The fourth-order valence-corrected chi connectivity index (χ4v) is 1.46. The molecule has 1 atom stereocenters. The maximum Gasteiger partial charge on any atom is 0.152 e. The number of carbonyl (C=O) groups excluding carboxylic acids is 1. The maximum atomic E-state index is 10.7. The molecule has 1 aliphatic carbocycles. The van der Waals surface area contributed by atoms with Gasteiger partial charge >= 0.3 is 0 Å². The second-order valence-corrected chi connectivity index (χ2v) is 2.97. The van der Waals surface area contributed by atoms with Crippen LogP contribution in [0, 0.1) is 0 Å². The molecule has 1 unspecified atom stereocenters. The van der Waals surface area contributed by atoms with E-state index in [0.717, 1.165) is 32.6 Å². The Hall–Kier alpha value is -0.410. The molecule has 0 aromatic heterocycles. The third-order valence-corrected chi connectivity index (χ3v) is 2.20. The van der Waals surface area contributed by atoms with Crippen LogP contribution in [0.2, 0.25) is 0 Å². The molecule has 0 aromatic rings. The standard InChI is InChI=1S/C7H12N2O/c10-7-5-6(7)9-3-1-8-2-4-9/h6,8H,1-5H2. The number of ketones is 1. The molecule has 1 aliphatic heterocycles. The summed E-state index contributed by atoms with van der Waals surface area (Å²) in [5.41, 5.74) is 0. The van der Waals surface area contributed by atoms with E-state index in [4.69, 9.17) is 0 Å². The molecule has 0 bridgehead atoms. The molecule has 0 aromatic carbocycles. The van der Waals surface area contributed by atoms with Crippen LogP contribution < -0.4 is 5.32 Å². The van der Waals surface area contributed by atoms with Crippen molar-refractivity contribution in [3.05, 3.63) is 0 Å². The van der Waals surface area contributed by atoms with Crippen molar-refractivity contribution in [2.24, 2.45) is 0 Å². The SMILES string of the molecule is O=C1CC1N1CCNCC1. The van der Waals surface area contributed by atoms with Gasteiger partial charge in [-0.3, -0.25) is 9.69 Å². The van der Waals surface area contributed by atoms with Crippen LogP contribution in [-0.2, 0) is 4.79 Å². The summed E-state index contributed by atoms with van der Waals surface area (Å²) in [4.78, 5) is 13.0. The Morgan fingerprint density at radius 3 is 2.50 bits per heavy atom. The number of Topliss-reactive ketones (excluding diaryl/α,β-unsaturated/α-hetero) is 1. The molecule has 1 heterocycles. The third kappa shape index (κ3) is 1.07. The van der Waals surface area contributed by atoms with Gasteiger partial charge in [0.1, 0.15) is 0 Å². The highest BCUT2D eigenvalue weighted by Crippen LogP contribution is 2.21. The van der Waals surface area contributed by atoms with Crippen LogP contribution in [0.25, 0.3) is 0 Å². The predicted octanol–water partition coefficient (Wildman–Crippen LogP) is -0.767. The summed E-state index contributed by atoms with van der Waals surface area (Å²) in [5.74, 6) is 0.432. The van der Waals surface area contributed by atoms with Gasteiger partial charge in [-0.05, 0) is 0 Å². The van der Waals surface area contributed by atoms with Crippen LogP contribution in [0.1, 0.15) is 6.42 Å². The molecule has 2 aliphatic rings. The summed E-state index contributed by atoms with van der Waals surface area (Å²) < 4.78 is 0. The summed E-state index contributed by atoms with van der Waals surface area (Å²) in [5, 5.41) is 3.26. The molecule has 2 fully saturated rings. The van der Waals surface area contributed by atoms with Crippen LogP contribution in [0.15, 0.2) is 0 Å². The molecular weight excluding hydrogens is 128 g/mol. The number of rotatable bonds is 1. The summed E-state index contributed by atoms with van der Waals surface area (Å²) in [6, 6.07) is 0.307. The average Bonchev–Trinajstić information content (AvgIpc) is 2.69. The number of nitrogens with zero attached hydrogens (tertiary/aromatic N) is 1. The van der Waals surface area contributed by atoms with Crippen molar-refractivity contribution < 1.29 is 4.79 Å². The number of hydrogen-bond donors (Lipinski definition) is 1. The monoisotopic (exact) mass is 140 g/mol. The van der Waals surface area contributed by atoms with E-state index in [1.54, 1.807) is 0 Å². The van der Waals surface area contributed by atoms with Crippen molar-refractivity contribution >= 4 is 5.78 Å². The van der Waals surface area contributed by atoms with Gasteiger partial charge in [-0.25, -0.2) is 0 Å². The molecule has 3 heteroatoms. The fraction of sp³-hybridized carbons (Fsp3) is 0.857. The minimum Gasteiger partial charge on any atom is -0.314 e. The molecule has 0 spiro atoms. The lowest BCUT2D eigenvalue weighted by molar-refractivity contribution is -0.111. The van der Waals surface area contributed by atoms with Crippen LogP contribution in [0.5, 0.6) is 0 Å². The van der Waals surface area contributed by atoms with E-state index < -0.39 is 0 Å². The largest absolute Gasteiger partial charge is 0.314 e. The highest BCUT2D eigenvalue weighted by molar-refractivity contribution is 5.99. The Morgan fingerprint density at radius 1 is 1.40 bits per heavy atom. The molecule has 10 heavy (non-hydrogen) atoms. The van der Waals surface area contributed by atoms with Crippen molar-refractivity contribution in [2.75, 3.05) is 26.2 Å². The Morgan fingerprint density at radius 2 is 2.00 bits per heavy atom. The minimum atomic E-state index is 0.307. The third-order valence-electron chi connectivity index (χ3n) is 2.20. The first-order chi connectivity index (χ1) is 4.88. The highest BCUT2D eigenvalue weighted by Gasteiger charge is 2.39. The van der Waals surface area contributed by atoms with E-state index in [2.05, 4.69) is 10.2 Å². The van der Waals surface area contributed by atoms with E-state index in [-0.39, 0.29) is 0 Å². The average molecular weight is 140 g/mol. The van der Waals surface area contributed by atoms with Crippen LogP contribution in [0.4, 0.5) is 0 Å². The van der Waals surface area contributed by atoms with E-state index in [9.17, 15) is 4.79 Å². The molecule has 56 valence electrons. The Bertz CT molecular complexity index is 152. The molecule has 2 rings (SSSR count). The van der Waals surface area contributed by atoms with Gasteiger partial charge in [0.25, 0.3) is 0 Å². The predicted molar refractivity (Wildman–Crippen MR) is 37.9 cm³/mol. The highest BCUT2D eigenvalue weighted by atomic mass is 16.1. The van der Waals surface area contributed by atoms with Gasteiger partial charge in [-0.15, -0.1) is 0 Å². The van der Waals surface area contributed by atoms with Gasteiger partial charge in [0.15, 0.2) is 5.78 Å².